The van der Waals surface area contributed by atoms with Crippen LogP contribution in [0.4, 0.5) is 13.2 Å². The van der Waals surface area contributed by atoms with Gasteiger partial charge in [0.05, 0.1) is 17.3 Å². The summed E-state index contributed by atoms with van der Waals surface area (Å²) in [6, 6.07) is 3.58. The molecule has 0 bridgehead atoms. The number of aromatic nitrogens is 5. The van der Waals surface area contributed by atoms with E-state index in [1.165, 1.54) is 35.5 Å². The van der Waals surface area contributed by atoms with Gasteiger partial charge in [0, 0.05) is 31.0 Å². The molecule has 10 heteroatoms. The highest BCUT2D eigenvalue weighted by atomic mass is 19.4. The Kier molecular flexibility index (Phi) is 4.33. The van der Waals surface area contributed by atoms with Gasteiger partial charge in [-0.3, -0.25) is 9.67 Å². The third-order valence-electron chi connectivity index (χ3n) is 3.61. The number of hydrogen-bond acceptors (Lipinski definition) is 4. The number of rotatable bonds is 1. The van der Waals surface area contributed by atoms with Gasteiger partial charge in [-0.05, 0) is 12.1 Å². The molecule has 0 amide bonds. The van der Waals surface area contributed by atoms with Crippen LogP contribution in [0.25, 0.3) is 22.1 Å². The van der Waals surface area contributed by atoms with Crippen molar-refractivity contribution in [1.29, 1.82) is 0 Å². The molecule has 0 saturated carbocycles. The number of aromatic amines is 1. The number of carbonyl (C=O) groups is 1. The van der Waals surface area contributed by atoms with E-state index < -0.39 is 17.7 Å². The maximum atomic E-state index is 12.3. The maximum Gasteiger partial charge on any atom is 0.416 e. The molecule has 1 aromatic carbocycles. The maximum absolute atomic E-state index is 12.3. The normalized spacial score (nSPS) is 11.4. The zero-order valence-electron chi connectivity index (χ0n) is 13.3. The summed E-state index contributed by atoms with van der Waals surface area (Å²) in [4.78, 5) is 21.1. The van der Waals surface area contributed by atoms with Crippen molar-refractivity contribution in [3.8, 4) is 0 Å². The second kappa shape index (κ2) is 6.47. The van der Waals surface area contributed by atoms with Gasteiger partial charge in [0.2, 0.25) is 0 Å². The molecular weight excluding hydrogens is 351 g/mol. The zero-order valence-corrected chi connectivity index (χ0v) is 13.3. The summed E-state index contributed by atoms with van der Waals surface area (Å²) >= 11 is 0. The van der Waals surface area contributed by atoms with Gasteiger partial charge in [-0.25, -0.2) is 9.78 Å². The quantitative estimate of drug-likeness (QED) is 0.541. The fourth-order valence-corrected chi connectivity index (χ4v) is 2.33. The molecule has 2 N–H and O–H groups in total. The molecular formula is C16H12F3N5O2. The van der Waals surface area contributed by atoms with E-state index in [0.717, 1.165) is 12.1 Å². The molecule has 3 aromatic heterocycles. The topological polar surface area (TPSA) is 96.7 Å². The van der Waals surface area contributed by atoms with Gasteiger partial charge in [0.15, 0.2) is 5.65 Å². The van der Waals surface area contributed by atoms with E-state index in [-0.39, 0.29) is 5.56 Å². The molecule has 0 spiro atoms. The summed E-state index contributed by atoms with van der Waals surface area (Å²) in [7, 11) is 1.61. The lowest BCUT2D eigenvalue weighted by Gasteiger charge is -2.06. The number of hydrogen-bond donors (Lipinski definition) is 2. The van der Waals surface area contributed by atoms with E-state index in [1.54, 1.807) is 7.05 Å². The van der Waals surface area contributed by atoms with Crippen LogP contribution in [-0.2, 0) is 13.2 Å². The molecule has 134 valence electrons. The smallest absolute Gasteiger partial charge is 0.416 e. The first-order valence-electron chi connectivity index (χ1n) is 7.27. The second-order valence-corrected chi connectivity index (χ2v) is 5.30. The van der Waals surface area contributed by atoms with E-state index in [1.807, 2.05) is 0 Å². The Morgan fingerprint density at radius 2 is 1.96 bits per heavy atom. The molecule has 3 heterocycles. The number of carboxylic acid groups (broad SMARTS) is 1. The van der Waals surface area contributed by atoms with Crippen LogP contribution >= 0.6 is 0 Å². The third-order valence-corrected chi connectivity index (χ3v) is 3.61. The molecule has 26 heavy (non-hydrogen) atoms. The number of aromatic carboxylic acids is 1. The Morgan fingerprint density at radius 1 is 1.23 bits per heavy atom. The van der Waals surface area contributed by atoms with E-state index >= 15 is 0 Å². The molecule has 0 radical (unpaired) electrons. The number of aryl methyl sites for hydroxylation is 1. The fraction of sp³-hybridized carbons (Fsp3) is 0.125. The van der Waals surface area contributed by atoms with Crippen molar-refractivity contribution in [2.24, 2.45) is 7.05 Å². The monoisotopic (exact) mass is 363 g/mol. The molecule has 0 fully saturated rings. The number of halogens is 3. The average Bonchev–Trinajstić information content (AvgIpc) is 3.18. The summed E-state index contributed by atoms with van der Waals surface area (Å²) in [6.45, 7) is 0. The molecule has 0 aliphatic rings. The van der Waals surface area contributed by atoms with Crippen LogP contribution < -0.4 is 0 Å². The highest BCUT2D eigenvalue weighted by Gasteiger charge is 2.30. The SMILES string of the molecule is Cn1ncc2ccc(C(F)(F)F)cc21.O=C(O)c1c[nH]c2nccnc12. The molecule has 0 saturated heterocycles. The standard InChI is InChI=1S/C9H7F3N2.C7H5N3O2/c1-14-8-4-7(9(10,11)12)3-2-6(8)5-13-14;11-7(12)4-3-10-6-5(4)8-1-2-9-6/h2-5H,1H3;1-3H,(H,9,10)(H,11,12). The number of nitrogens with zero attached hydrogens (tertiary/aromatic N) is 4. The van der Waals surface area contributed by atoms with Crippen molar-refractivity contribution in [1.82, 2.24) is 24.7 Å². The van der Waals surface area contributed by atoms with Crippen LogP contribution in [0.1, 0.15) is 15.9 Å². The first-order valence-corrected chi connectivity index (χ1v) is 7.27. The van der Waals surface area contributed by atoms with Gasteiger partial charge >= 0.3 is 12.1 Å². The highest BCUT2D eigenvalue weighted by Crippen LogP contribution is 2.31. The minimum absolute atomic E-state index is 0.151. The lowest BCUT2D eigenvalue weighted by atomic mass is 10.1. The number of nitrogens with one attached hydrogen (secondary N) is 1. The van der Waals surface area contributed by atoms with Crippen LogP contribution in [-0.4, -0.2) is 35.8 Å². The van der Waals surface area contributed by atoms with E-state index in [2.05, 4.69) is 20.1 Å². The van der Waals surface area contributed by atoms with Gasteiger partial charge in [0.25, 0.3) is 0 Å². The average molecular weight is 363 g/mol. The van der Waals surface area contributed by atoms with Gasteiger partial charge in [-0.15, -0.1) is 0 Å². The predicted octanol–water partition coefficient (Wildman–Crippen LogP) is 3.25. The molecule has 0 aliphatic heterocycles. The van der Waals surface area contributed by atoms with Crippen LogP contribution in [0.2, 0.25) is 0 Å². The van der Waals surface area contributed by atoms with Crippen molar-refractivity contribution in [2.45, 2.75) is 6.18 Å². The molecule has 0 atom stereocenters. The summed E-state index contributed by atoms with van der Waals surface area (Å²) in [5.41, 5.74) is 0.881. The lowest BCUT2D eigenvalue weighted by Crippen LogP contribution is -2.04. The van der Waals surface area contributed by atoms with E-state index in [0.29, 0.717) is 22.1 Å². The largest absolute Gasteiger partial charge is 0.478 e. The molecule has 4 rings (SSSR count). The van der Waals surface area contributed by atoms with Crippen LogP contribution in [0.3, 0.4) is 0 Å². The van der Waals surface area contributed by atoms with Crippen molar-refractivity contribution in [3.63, 3.8) is 0 Å². The predicted molar refractivity (Wildman–Crippen MR) is 86.6 cm³/mol. The Morgan fingerprint density at radius 3 is 2.65 bits per heavy atom. The Hall–Kier alpha value is -3.43. The van der Waals surface area contributed by atoms with Crippen molar-refractivity contribution in [2.75, 3.05) is 0 Å². The van der Waals surface area contributed by atoms with Gasteiger partial charge < -0.3 is 10.1 Å². The first kappa shape index (κ1) is 17.4. The molecule has 4 aromatic rings. The summed E-state index contributed by atoms with van der Waals surface area (Å²) in [6.07, 6.45) is 1.59. The van der Waals surface area contributed by atoms with Gasteiger partial charge in [-0.1, -0.05) is 6.07 Å². The van der Waals surface area contributed by atoms with Crippen molar-refractivity contribution in [3.05, 3.63) is 54.1 Å². The van der Waals surface area contributed by atoms with Crippen LogP contribution in [0.5, 0.6) is 0 Å². The molecule has 0 unspecified atom stereocenters. The van der Waals surface area contributed by atoms with E-state index in [4.69, 9.17) is 5.11 Å². The summed E-state index contributed by atoms with van der Waals surface area (Å²) in [5.74, 6) is -0.998. The number of fused-ring (bicyclic) bond motifs is 2. The van der Waals surface area contributed by atoms with Crippen LogP contribution in [0.15, 0.2) is 43.0 Å². The van der Waals surface area contributed by atoms with E-state index in [9.17, 15) is 18.0 Å². The van der Waals surface area contributed by atoms with Crippen LogP contribution in [0, 0.1) is 0 Å². The Balaban J connectivity index is 0.000000152. The Labute approximate surface area is 144 Å². The minimum atomic E-state index is -4.29. The van der Waals surface area contributed by atoms with Gasteiger partial charge in [-0.2, -0.15) is 18.3 Å². The summed E-state index contributed by atoms with van der Waals surface area (Å²) in [5, 5.41) is 13.3. The molecule has 0 aliphatic carbocycles. The fourth-order valence-electron chi connectivity index (χ4n) is 2.33. The summed E-state index contributed by atoms with van der Waals surface area (Å²) < 4.78 is 38.4. The number of alkyl halides is 3. The zero-order chi connectivity index (χ0) is 18.9. The number of H-pyrrole nitrogens is 1. The van der Waals surface area contributed by atoms with Gasteiger partial charge in [0.1, 0.15) is 11.1 Å². The molecule has 7 nitrogen and oxygen atoms in total. The first-order chi connectivity index (χ1) is 12.3. The highest BCUT2D eigenvalue weighted by molar-refractivity contribution is 6.00. The Bertz CT molecular complexity index is 1080. The number of benzene rings is 1. The minimum Gasteiger partial charge on any atom is -0.478 e. The van der Waals surface area contributed by atoms with Crippen molar-refractivity contribution < 1.29 is 23.1 Å². The van der Waals surface area contributed by atoms with Crippen molar-refractivity contribution >= 4 is 28.0 Å². The number of carboxylic acids is 1. The second-order valence-electron chi connectivity index (χ2n) is 5.30. The third kappa shape index (κ3) is 3.34. The lowest BCUT2D eigenvalue weighted by molar-refractivity contribution is -0.137.